The summed E-state index contributed by atoms with van der Waals surface area (Å²) in [6.07, 6.45) is 2.87. The van der Waals surface area contributed by atoms with E-state index in [-0.39, 0.29) is 24.0 Å². The monoisotopic (exact) mass is 440 g/mol. The average Bonchev–Trinajstić information content (AvgIpc) is 2.85. The molecule has 0 saturated carbocycles. The van der Waals surface area contributed by atoms with E-state index < -0.39 is 0 Å². The molecule has 0 aliphatic carbocycles. The van der Waals surface area contributed by atoms with Gasteiger partial charge in [0.1, 0.15) is 5.01 Å². The van der Waals surface area contributed by atoms with E-state index in [0.717, 1.165) is 43.7 Å². The van der Waals surface area contributed by atoms with Crippen molar-refractivity contribution in [1.29, 1.82) is 0 Å². The van der Waals surface area contributed by atoms with Gasteiger partial charge in [-0.3, -0.25) is 0 Å². The maximum absolute atomic E-state index is 5.56. The molecule has 0 fully saturated rings. The Bertz CT molecular complexity index is 423. The van der Waals surface area contributed by atoms with Gasteiger partial charge in [-0.1, -0.05) is 13.8 Å². The number of nitrogens with one attached hydrogen (secondary N) is 2. The lowest BCUT2D eigenvalue weighted by molar-refractivity contribution is 0.108. The first-order valence-corrected chi connectivity index (χ1v) is 8.44. The van der Waals surface area contributed by atoms with Crippen LogP contribution >= 0.6 is 35.3 Å². The average molecular weight is 440 g/mol. The van der Waals surface area contributed by atoms with Gasteiger partial charge in [-0.25, -0.2) is 9.98 Å². The molecule has 1 heterocycles. The molecule has 1 aromatic rings. The number of hydrogen-bond acceptors (Lipinski definition) is 4. The van der Waals surface area contributed by atoms with Crippen LogP contribution in [0.3, 0.4) is 0 Å². The third-order valence-corrected chi connectivity index (χ3v) is 3.49. The van der Waals surface area contributed by atoms with Gasteiger partial charge in [0.15, 0.2) is 5.96 Å². The van der Waals surface area contributed by atoms with Crippen molar-refractivity contribution in [2.75, 3.05) is 26.3 Å². The standard InChI is InChI=1S/C15H28N4OS.HI/c1-5-16-15(17-7-6-8-20-11-12(2)3)19-10-14-18-9-13(4)21-14;/h9,12H,5-8,10-11H2,1-4H3,(H2,16,17,19);1H. The van der Waals surface area contributed by atoms with Crippen molar-refractivity contribution in [1.82, 2.24) is 15.6 Å². The molecule has 0 aliphatic rings. The van der Waals surface area contributed by atoms with Gasteiger partial charge in [-0.15, -0.1) is 35.3 Å². The minimum Gasteiger partial charge on any atom is -0.381 e. The van der Waals surface area contributed by atoms with Crippen LogP contribution in [0, 0.1) is 12.8 Å². The van der Waals surface area contributed by atoms with E-state index in [0.29, 0.717) is 12.5 Å². The summed E-state index contributed by atoms with van der Waals surface area (Å²) >= 11 is 1.69. The molecule has 0 bridgehead atoms. The molecule has 22 heavy (non-hydrogen) atoms. The summed E-state index contributed by atoms with van der Waals surface area (Å²) in [5.74, 6) is 1.44. The molecule has 0 amide bonds. The van der Waals surface area contributed by atoms with Gasteiger partial charge in [-0.05, 0) is 26.2 Å². The molecule has 128 valence electrons. The highest BCUT2D eigenvalue weighted by Gasteiger charge is 2.00. The van der Waals surface area contributed by atoms with Crippen LogP contribution in [0.25, 0.3) is 0 Å². The lowest BCUT2D eigenvalue weighted by Crippen LogP contribution is -2.38. The van der Waals surface area contributed by atoms with E-state index in [9.17, 15) is 0 Å². The Hall–Kier alpha value is -0.410. The number of ether oxygens (including phenoxy) is 1. The Balaban J connectivity index is 0.00000441. The second-order valence-corrected chi connectivity index (χ2v) is 6.63. The molecule has 0 saturated heterocycles. The van der Waals surface area contributed by atoms with E-state index in [4.69, 9.17) is 4.74 Å². The Morgan fingerprint density at radius 3 is 2.77 bits per heavy atom. The molecule has 0 aliphatic heterocycles. The molecule has 7 heteroatoms. The molecule has 0 atom stereocenters. The van der Waals surface area contributed by atoms with Gasteiger partial charge < -0.3 is 15.4 Å². The fraction of sp³-hybridized carbons (Fsp3) is 0.733. The smallest absolute Gasteiger partial charge is 0.191 e. The quantitative estimate of drug-likeness (QED) is 0.268. The van der Waals surface area contributed by atoms with Crippen molar-refractivity contribution in [2.45, 2.75) is 40.7 Å². The first-order valence-electron chi connectivity index (χ1n) is 7.63. The first-order chi connectivity index (χ1) is 10.1. The summed E-state index contributed by atoms with van der Waals surface area (Å²) < 4.78 is 5.56. The molecule has 1 aromatic heterocycles. The van der Waals surface area contributed by atoms with Crippen molar-refractivity contribution in [3.8, 4) is 0 Å². The van der Waals surface area contributed by atoms with Crippen LogP contribution in [0.2, 0.25) is 0 Å². The van der Waals surface area contributed by atoms with Crippen LogP contribution in [0.5, 0.6) is 0 Å². The molecular formula is C15H29IN4OS. The number of aromatic nitrogens is 1. The number of thiazole rings is 1. The maximum atomic E-state index is 5.56. The number of guanidine groups is 1. The highest BCUT2D eigenvalue weighted by atomic mass is 127. The van der Waals surface area contributed by atoms with E-state index in [1.54, 1.807) is 11.3 Å². The Morgan fingerprint density at radius 2 is 2.18 bits per heavy atom. The second kappa shape index (κ2) is 13.1. The number of hydrogen-bond donors (Lipinski definition) is 2. The predicted octanol–water partition coefficient (Wildman–Crippen LogP) is 3.19. The molecule has 2 N–H and O–H groups in total. The summed E-state index contributed by atoms with van der Waals surface area (Å²) in [7, 11) is 0. The number of rotatable bonds is 9. The molecule has 0 aromatic carbocycles. The van der Waals surface area contributed by atoms with E-state index in [2.05, 4.69) is 48.3 Å². The number of aliphatic imine (C=N–C) groups is 1. The Morgan fingerprint density at radius 1 is 1.41 bits per heavy atom. The minimum absolute atomic E-state index is 0. The van der Waals surface area contributed by atoms with Gasteiger partial charge in [0.25, 0.3) is 0 Å². The predicted molar refractivity (Wildman–Crippen MR) is 105 cm³/mol. The van der Waals surface area contributed by atoms with Crippen LogP contribution < -0.4 is 10.6 Å². The highest BCUT2D eigenvalue weighted by molar-refractivity contribution is 14.0. The van der Waals surface area contributed by atoms with Gasteiger partial charge in [-0.2, -0.15) is 0 Å². The minimum atomic E-state index is 0. The number of halogens is 1. The van der Waals surface area contributed by atoms with Crippen LogP contribution in [0.4, 0.5) is 0 Å². The molecule has 5 nitrogen and oxygen atoms in total. The van der Waals surface area contributed by atoms with E-state index >= 15 is 0 Å². The second-order valence-electron chi connectivity index (χ2n) is 5.31. The van der Waals surface area contributed by atoms with Crippen molar-refractivity contribution in [3.05, 3.63) is 16.1 Å². The Labute approximate surface area is 155 Å². The molecule has 0 radical (unpaired) electrons. The summed E-state index contributed by atoms with van der Waals surface area (Å²) in [6, 6.07) is 0. The third kappa shape index (κ3) is 10.3. The molecular weight excluding hydrogens is 411 g/mol. The Kier molecular flexibility index (Phi) is 12.8. The maximum Gasteiger partial charge on any atom is 0.191 e. The first kappa shape index (κ1) is 21.6. The fourth-order valence-corrected chi connectivity index (χ4v) is 2.37. The zero-order valence-electron chi connectivity index (χ0n) is 14.0. The van der Waals surface area contributed by atoms with E-state index in [1.165, 1.54) is 4.88 Å². The molecule has 0 unspecified atom stereocenters. The SMILES string of the molecule is CCNC(=NCc1ncc(C)s1)NCCCOCC(C)C.I. The largest absolute Gasteiger partial charge is 0.381 e. The van der Waals surface area contributed by atoms with Crippen molar-refractivity contribution in [2.24, 2.45) is 10.9 Å². The lowest BCUT2D eigenvalue weighted by atomic mass is 10.2. The molecule has 0 spiro atoms. The van der Waals surface area contributed by atoms with E-state index in [1.807, 2.05) is 6.20 Å². The number of aryl methyl sites for hydroxylation is 1. The topological polar surface area (TPSA) is 58.5 Å². The summed E-state index contributed by atoms with van der Waals surface area (Å²) in [6.45, 7) is 12.4. The normalized spacial score (nSPS) is 11.4. The van der Waals surface area contributed by atoms with Gasteiger partial charge in [0.05, 0.1) is 6.54 Å². The zero-order valence-corrected chi connectivity index (χ0v) is 17.2. The van der Waals surface area contributed by atoms with Gasteiger partial charge in [0, 0.05) is 37.4 Å². The lowest BCUT2D eigenvalue weighted by Gasteiger charge is -2.11. The van der Waals surface area contributed by atoms with Crippen molar-refractivity contribution >= 4 is 41.3 Å². The van der Waals surface area contributed by atoms with Crippen LogP contribution in [0.1, 0.15) is 37.1 Å². The zero-order chi connectivity index (χ0) is 15.5. The summed E-state index contributed by atoms with van der Waals surface area (Å²) in [5.41, 5.74) is 0. The van der Waals surface area contributed by atoms with Gasteiger partial charge in [0.2, 0.25) is 0 Å². The third-order valence-electron chi connectivity index (χ3n) is 2.59. The fourth-order valence-electron chi connectivity index (χ4n) is 1.66. The van der Waals surface area contributed by atoms with Crippen molar-refractivity contribution in [3.63, 3.8) is 0 Å². The van der Waals surface area contributed by atoms with Crippen LogP contribution in [-0.2, 0) is 11.3 Å². The molecule has 1 rings (SSSR count). The summed E-state index contributed by atoms with van der Waals surface area (Å²) in [5, 5.41) is 7.61. The number of nitrogens with zero attached hydrogens (tertiary/aromatic N) is 2. The van der Waals surface area contributed by atoms with Crippen LogP contribution in [-0.4, -0.2) is 37.2 Å². The van der Waals surface area contributed by atoms with Crippen LogP contribution in [0.15, 0.2) is 11.2 Å². The van der Waals surface area contributed by atoms with Crippen molar-refractivity contribution < 1.29 is 4.74 Å². The highest BCUT2D eigenvalue weighted by Crippen LogP contribution is 2.11. The summed E-state index contributed by atoms with van der Waals surface area (Å²) in [4.78, 5) is 10.1. The van der Waals surface area contributed by atoms with Gasteiger partial charge >= 0.3 is 0 Å².